The van der Waals surface area contributed by atoms with Gasteiger partial charge >= 0.3 is 0 Å². The number of fused-ring (bicyclic) bond motifs is 1. The molecule has 0 aliphatic rings. The maximum Gasteiger partial charge on any atom is 0.269 e. The molecule has 0 atom stereocenters. The molecule has 40 heavy (non-hydrogen) atoms. The SMILES string of the molecule is CS(=O)(=O)c1cccc(-n2ncc3c(=O)n(-c4ccc(Cl)cc4)c(-c4ccc(-c5cnc(N)cn5)cc4)nc32)c1. The Hall–Kier alpha value is -4.87. The highest BCUT2D eigenvalue weighted by Crippen LogP contribution is 2.27. The molecule has 0 aliphatic carbocycles. The quantitative estimate of drug-likeness (QED) is 0.323. The Balaban J connectivity index is 1.57. The minimum Gasteiger partial charge on any atom is -0.382 e. The summed E-state index contributed by atoms with van der Waals surface area (Å²) in [7, 11) is -3.46. The van der Waals surface area contributed by atoms with Gasteiger partial charge in [0.2, 0.25) is 0 Å². The molecule has 0 aliphatic heterocycles. The number of aromatic nitrogens is 6. The maximum absolute atomic E-state index is 13.9. The van der Waals surface area contributed by atoms with Crippen molar-refractivity contribution in [2.45, 2.75) is 4.90 Å². The van der Waals surface area contributed by atoms with Gasteiger partial charge in [-0.3, -0.25) is 14.3 Å². The monoisotopic (exact) mass is 569 g/mol. The average molecular weight is 570 g/mol. The minimum absolute atomic E-state index is 0.129. The molecule has 0 radical (unpaired) electrons. The number of hydrogen-bond acceptors (Lipinski definition) is 8. The summed E-state index contributed by atoms with van der Waals surface area (Å²) < 4.78 is 27.3. The van der Waals surface area contributed by atoms with Crippen LogP contribution in [-0.2, 0) is 9.84 Å². The molecule has 3 aromatic carbocycles. The van der Waals surface area contributed by atoms with Crippen molar-refractivity contribution in [3.8, 4) is 34.0 Å². The van der Waals surface area contributed by atoms with Gasteiger partial charge in [0.1, 0.15) is 17.0 Å². The number of rotatable bonds is 5. The zero-order valence-corrected chi connectivity index (χ0v) is 22.5. The molecule has 0 amide bonds. The average Bonchev–Trinajstić information content (AvgIpc) is 3.38. The second-order valence-electron chi connectivity index (χ2n) is 9.02. The van der Waals surface area contributed by atoms with Crippen LogP contribution in [0.15, 0.2) is 101 Å². The number of nitrogen functional groups attached to an aromatic ring is 1. The molecule has 3 heterocycles. The van der Waals surface area contributed by atoms with Crippen molar-refractivity contribution < 1.29 is 8.42 Å². The van der Waals surface area contributed by atoms with E-state index < -0.39 is 9.84 Å². The molecule has 3 aromatic heterocycles. The Labute approximate surface area is 233 Å². The second kappa shape index (κ2) is 9.70. The van der Waals surface area contributed by atoms with Crippen LogP contribution >= 0.6 is 11.6 Å². The Bertz CT molecular complexity index is 2050. The van der Waals surface area contributed by atoms with E-state index >= 15 is 0 Å². The van der Waals surface area contributed by atoms with E-state index in [-0.39, 0.29) is 21.5 Å². The number of halogens is 1. The van der Waals surface area contributed by atoms with Crippen LogP contribution < -0.4 is 11.3 Å². The second-order valence-corrected chi connectivity index (χ2v) is 11.5. The first kappa shape index (κ1) is 25.4. The molecular formula is C28H20ClN7O3S. The Morgan fingerprint density at radius 1 is 0.850 bits per heavy atom. The summed E-state index contributed by atoms with van der Waals surface area (Å²) in [6.07, 6.45) is 5.63. The van der Waals surface area contributed by atoms with Crippen LogP contribution in [-0.4, -0.2) is 44.0 Å². The standard InChI is InChI=1S/C28H20ClN7O3S/c1-40(38,39)22-4-2-3-21(13-22)36-27-23(14-33-36)28(37)35(20-11-9-19(29)10-12-20)26(34-27)18-7-5-17(6-8-18)24-15-32-25(30)16-31-24/h2-16H,1H3,(H2,30,32). The first-order chi connectivity index (χ1) is 19.2. The van der Waals surface area contributed by atoms with Gasteiger partial charge in [-0.05, 0) is 42.5 Å². The van der Waals surface area contributed by atoms with Gasteiger partial charge in [0, 0.05) is 22.4 Å². The third-order valence-electron chi connectivity index (χ3n) is 6.29. The number of nitrogens with two attached hydrogens (primary N) is 1. The van der Waals surface area contributed by atoms with Gasteiger partial charge in [0.05, 0.1) is 40.6 Å². The molecule has 0 saturated carbocycles. The largest absolute Gasteiger partial charge is 0.382 e. The maximum atomic E-state index is 13.9. The van der Waals surface area contributed by atoms with Crippen molar-refractivity contribution in [1.29, 1.82) is 0 Å². The van der Waals surface area contributed by atoms with Gasteiger partial charge in [0.15, 0.2) is 15.5 Å². The van der Waals surface area contributed by atoms with Gasteiger partial charge in [-0.2, -0.15) is 5.10 Å². The number of anilines is 1. The van der Waals surface area contributed by atoms with Crippen LogP contribution in [0.4, 0.5) is 5.82 Å². The van der Waals surface area contributed by atoms with E-state index in [9.17, 15) is 13.2 Å². The van der Waals surface area contributed by atoms with E-state index in [0.29, 0.717) is 39.3 Å². The predicted octanol–water partition coefficient (Wildman–Crippen LogP) is 4.33. The van der Waals surface area contributed by atoms with E-state index in [0.717, 1.165) is 11.8 Å². The Morgan fingerprint density at radius 2 is 1.57 bits per heavy atom. The number of benzene rings is 3. The van der Waals surface area contributed by atoms with Crippen LogP contribution in [0.5, 0.6) is 0 Å². The minimum atomic E-state index is -3.46. The highest BCUT2D eigenvalue weighted by molar-refractivity contribution is 7.90. The van der Waals surface area contributed by atoms with Crippen molar-refractivity contribution in [3.63, 3.8) is 0 Å². The fourth-order valence-corrected chi connectivity index (χ4v) is 5.09. The van der Waals surface area contributed by atoms with Gasteiger partial charge in [-0.1, -0.05) is 41.9 Å². The lowest BCUT2D eigenvalue weighted by atomic mass is 10.1. The smallest absolute Gasteiger partial charge is 0.269 e. The molecule has 6 aromatic rings. The highest BCUT2D eigenvalue weighted by Gasteiger charge is 2.19. The van der Waals surface area contributed by atoms with Crippen molar-refractivity contribution in [2.24, 2.45) is 0 Å². The molecule has 6 rings (SSSR count). The summed E-state index contributed by atoms with van der Waals surface area (Å²) >= 11 is 6.11. The lowest BCUT2D eigenvalue weighted by Gasteiger charge is -2.14. The molecule has 10 nitrogen and oxygen atoms in total. The molecule has 2 N–H and O–H groups in total. The van der Waals surface area contributed by atoms with E-state index in [1.165, 1.54) is 33.8 Å². The molecule has 0 unspecified atom stereocenters. The summed E-state index contributed by atoms with van der Waals surface area (Å²) in [4.78, 5) is 27.3. The molecule has 198 valence electrons. The van der Waals surface area contributed by atoms with E-state index in [1.54, 1.807) is 42.6 Å². The van der Waals surface area contributed by atoms with Gasteiger partial charge in [0.25, 0.3) is 5.56 Å². The third-order valence-corrected chi connectivity index (χ3v) is 7.65. The summed E-state index contributed by atoms with van der Waals surface area (Å²) in [5.41, 5.74) is 8.72. The lowest BCUT2D eigenvalue weighted by molar-refractivity contribution is 0.601. The first-order valence-corrected chi connectivity index (χ1v) is 14.2. The van der Waals surface area contributed by atoms with Crippen molar-refractivity contribution in [1.82, 2.24) is 29.3 Å². The summed E-state index contributed by atoms with van der Waals surface area (Å²) in [5.74, 6) is 0.680. The number of sulfone groups is 1. The van der Waals surface area contributed by atoms with Crippen molar-refractivity contribution >= 4 is 38.3 Å². The highest BCUT2D eigenvalue weighted by atomic mass is 35.5. The van der Waals surface area contributed by atoms with Gasteiger partial charge in [-0.15, -0.1) is 0 Å². The Morgan fingerprint density at radius 3 is 2.25 bits per heavy atom. The lowest BCUT2D eigenvalue weighted by Crippen LogP contribution is -2.22. The summed E-state index contributed by atoms with van der Waals surface area (Å²) in [6.45, 7) is 0. The zero-order chi connectivity index (χ0) is 28.0. The Kier molecular flexibility index (Phi) is 6.16. The predicted molar refractivity (Wildman–Crippen MR) is 153 cm³/mol. The van der Waals surface area contributed by atoms with Crippen LogP contribution in [0.1, 0.15) is 0 Å². The molecule has 12 heteroatoms. The molecule has 0 spiro atoms. The summed E-state index contributed by atoms with van der Waals surface area (Å²) in [5, 5.41) is 5.18. The van der Waals surface area contributed by atoms with Crippen LogP contribution in [0, 0.1) is 0 Å². The van der Waals surface area contributed by atoms with Crippen molar-refractivity contribution in [3.05, 3.63) is 107 Å². The number of nitrogens with zero attached hydrogens (tertiary/aromatic N) is 6. The fraction of sp³-hybridized carbons (Fsp3) is 0.0357. The van der Waals surface area contributed by atoms with E-state index in [4.69, 9.17) is 22.3 Å². The molecular weight excluding hydrogens is 550 g/mol. The molecule has 0 fully saturated rings. The zero-order valence-electron chi connectivity index (χ0n) is 20.9. The normalized spacial score (nSPS) is 11.7. The van der Waals surface area contributed by atoms with Crippen LogP contribution in [0.2, 0.25) is 5.02 Å². The summed E-state index contributed by atoms with van der Waals surface area (Å²) in [6, 6.07) is 20.6. The van der Waals surface area contributed by atoms with Crippen LogP contribution in [0.3, 0.4) is 0 Å². The molecule has 0 saturated heterocycles. The van der Waals surface area contributed by atoms with Crippen molar-refractivity contribution in [2.75, 3.05) is 12.0 Å². The first-order valence-electron chi connectivity index (χ1n) is 11.9. The van der Waals surface area contributed by atoms with Gasteiger partial charge in [-0.25, -0.2) is 23.1 Å². The number of hydrogen-bond donors (Lipinski definition) is 1. The van der Waals surface area contributed by atoms with Gasteiger partial charge < -0.3 is 5.73 Å². The van der Waals surface area contributed by atoms with E-state index in [1.807, 2.05) is 24.3 Å². The third kappa shape index (κ3) is 4.61. The molecule has 0 bridgehead atoms. The van der Waals surface area contributed by atoms with Crippen LogP contribution in [0.25, 0.3) is 45.1 Å². The fourth-order valence-electron chi connectivity index (χ4n) is 4.30. The topological polar surface area (TPSA) is 139 Å². The van der Waals surface area contributed by atoms with E-state index in [2.05, 4.69) is 15.1 Å².